The van der Waals surface area contributed by atoms with Gasteiger partial charge in [0.2, 0.25) is 5.43 Å². The minimum absolute atomic E-state index is 0.204. The van der Waals surface area contributed by atoms with Crippen LogP contribution >= 0.6 is 0 Å². The van der Waals surface area contributed by atoms with Gasteiger partial charge in [-0.2, -0.15) is 0 Å². The van der Waals surface area contributed by atoms with E-state index in [2.05, 4.69) is 18.7 Å². The van der Waals surface area contributed by atoms with Crippen LogP contribution in [0.15, 0.2) is 17.1 Å². The third kappa shape index (κ3) is 2.91. The Labute approximate surface area is 107 Å². The van der Waals surface area contributed by atoms with Crippen LogP contribution in [0.25, 0.3) is 0 Å². The molecule has 1 fully saturated rings. The largest absolute Gasteiger partial charge is 0.503 e. The van der Waals surface area contributed by atoms with Crippen LogP contribution in [0.2, 0.25) is 0 Å². The zero-order valence-corrected chi connectivity index (χ0v) is 11.1. The molecule has 0 aromatic carbocycles. The van der Waals surface area contributed by atoms with Gasteiger partial charge in [0.05, 0.1) is 12.2 Å². The van der Waals surface area contributed by atoms with Crippen molar-refractivity contribution in [3.63, 3.8) is 0 Å². The number of aryl methyl sites for hydroxylation is 1. The third-order valence-electron chi connectivity index (χ3n) is 3.20. The van der Waals surface area contributed by atoms with E-state index in [1.165, 1.54) is 12.3 Å². The van der Waals surface area contributed by atoms with Gasteiger partial charge in [-0.25, -0.2) is 0 Å². The van der Waals surface area contributed by atoms with E-state index in [1.54, 1.807) is 4.57 Å². The fourth-order valence-corrected chi connectivity index (χ4v) is 2.46. The number of hydrogen-bond acceptors (Lipinski definition) is 4. The molecule has 2 heterocycles. The van der Waals surface area contributed by atoms with Crippen molar-refractivity contribution < 1.29 is 9.84 Å². The van der Waals surface area contributed by atoms with E-state index in [0.717, 1.165) is 18.8 Å². The molecule has 2 atom stereocenters. The fraction of sp³-hybridized carbons (Fsp3) is 0.615. The second-order valence-electron chi connectivity index (χ2n) is 5.08. The molecule has 0 aliphatic carbocycles. The van der Waals surface area contributed by atoms with E-state index >= 15 is 0 Å². The molecule has 5 heteroatoms. The topological polar surface area (TPSA) is 54.7 Å². The lowest BCUT2D eigenvalue weighted by atomic mass is 10.2. The number of aromatic nitrogens is 1. The van der Waals surface area contributed by atoms with Gasteiger partial charge in [-0.3, -0.25) is 9.69 Å². The van der Waals surface area contributed by atoms with Crippen LogP contribution in [0.4, 0.5) is 0 Å². The van der Waals surface area contributed by atoms with Crippen molar-refractivity contribution in [2.75, 3.05) is 13.1 Å². The zero-order valence-electron chi connectivity index (χ0n) is 11.1. The Balaban J connectivity index is 2.14. The molecule has 1 aliphatic rings. The lowest BCUT2D eigenvalue weighted by Gasteiger charge is -2.35. The van der Waals surface area contributed by atoms with Crippen molar-refractivity contribution in [3.05, 3.63) is 28.2 Å². The van der Waals surface area contributed by atoms with Gasteiger partial charge in [0.25, 0.3) is 0 Å². The summed E-state index contributed by atoms with van der Waals surface area (Å²) in [6.45, 7) is 6.53. The highest BCUT2D eigenvalue weighted by molar-refractivity contribution is 5.20. The van der Waals surface area contributed by atoms with Gasteiger partial charge in [0, 0.05) is 44.6 Å². The zero-order chi connectivity index (χ0) is 13.3. The molecule has 100 valence electrons. The number of ether oxygens (including phenoxy) is 1. The summed E-state index contributed by atoms with van der Waals surface area (Å²) in [5.74, 6) is -0.204. The SMILES string of the molecule is CC1CN(Cc2cc(=O)c(O)cn2C)CC(C)O1. The molecule has 2 rings (SSSR count). The number of nitrogens with zero attached hydrogens (tertiary/aromatic N) is 2. The molecular weight excluding hydrogens is 232 g/mol. The molecule has 1 aromatic heterocycles. The Morgan fingerprint density at radius 2 is 2.00 bits per heavy atom. The van der Waals surface area contributed by atoms with Crippen LogP contribution in [0.1, 0.15) is 19.5 Å². The van der Waals surface area contributed by atoms with Gasteiger partial charge in [-0.1, -0.05) is 0 Å². The van der Waals surface area contributed by atoms with E-state index in [1.807, 2.05) is 7.05 Å². The molecule has 18 heavy (non-hydrogen) atoms. The number of rotatable bonds is 2. The molecule has 0 saturated carbocycles. The van der Waals surface area contributed by atoms with Crippen molar-refractivity contribution in [2.24, 2.45) is 7.05 Å². The maximum atomic E-state index is 11.5. The van der Waals surface area contributed by atoms with Gasteiger partial charge in [-0.05, 0) is 13.8 Å². The highest BCUT2D eigenvalue weighted by Gasteiger charge is 2.22. The van der Waals surface area contributed by atoms with Crippen LogP contribution in [0.5, 0.6) is 5.75 Å². The second kappa shape index (κ2) is 5.12. The quantitative estimate of drug-likeness (QED) is 0.842. The van der Waals surface area contributed by atoms with Gasteiger partial charge in [0.1, 0.15) is 0 Å². The average molecular weight is 252 g/mol. The van der Waals surface area contributed by atoms with E-state index < -0.39 is 0 Å². The lowest BCUT2D eigenvalue weighted by Crippen LogP contribution is -2.45. The average Bonchev–Trinajstić information content (AvgIpc) is 2.24. The van der Waals surface area contributed by atoms with Crippen LogP contribution in [0, 0.1) is 0 Å². The van der Waals surface area contributed by atoms with E-state index in [-0.39, 0.29) is 23.4 Å². The Kier molecular flexibility index (Phi) is 3.73. The number of pyridine rings is 1. The highest BCUT2D eigenvalue weighted by atomic mass is 16.5. The molecule has 0 amide bonds. The summed E-state index contributed by atoms with van der Waals surface area (Å²) in [5, 5.41) is 9.35. The Morgan fingerprint density at radius 3 is 2.61 bits per heavy atom. The van der Waals surface area contributed by atoms with E-state index in [4.69, 9.17) is 4.74 Å². The van der Waals surface area contributed by atoms with Crippen molar-refractivity contribution in [1.29, 1.82) is 0 Å². The standard InChI is InChI=1S/C13H20N2O3/c1-9-5-15(6-10(2)18-9)7-11-4-12(16)13(17)8-14(11)3/h4,8-10,17H,5-7H2,1-3H3. The van der Waals surface area contributed by atoms with Crippen molar-refractivity contribution in [1.82, 2.24) is 9.47 Å². The maximum Gasteiger partial charge on any atom is 0.223 e. The van der Waals surface area contributed by atoms with Crippen LogP contribution in [0.3, 0.4) is 0 Å². The third-order valence-corrected chi connectivity index (χ3v) is 3.20. The van der Waals surface area contributed by atoms with Crippen LogP contribution in [-0.2, 0) is 18.3 Å². The van der Waals surface area contributed by atoms with Crippen molar-refractivity contribution >= 4 is 0 Å². The normalized spacial score (nSPS) is 25.3. The van der Waals surface area contributed by atoms with Gasteiger partial charge in [-0.15, -0.1) is 0 Å². The first-order chi connectivity index (χ1) is 8.45. The molecule has 1 N–H and O–H groups in total. The summed E-state index contributed by atoms with van der Waals surface area (Å²) in [6, 6.07) is 1.50. The molecule has 1 saturated heterocycles. The molecule has 2 unspecified atom stereocenters. The summed E-state index contributed by atoms with van der Waals surface area (Å²) >= 11 is 0. The second-order valence-corrected chi connectivity index (χ2v) is 5.08. The molecule has 5 nitrogen and oxygen atoms in total. The smallest absolute Gasteiger partial charge is 0.223 e. The summed E-state index contributed by atoms with van der Waals surface area (Å²) < 4.78 is 7.47. The summed E-state index contributed by atoms with van der Waals surface area (Å²) in [4.78, 5) is 13.7. The lowest BCUT2D eigenvalue weighted by molar-refractivity contribution is -0.0710. The molecule has 1 aromatic rings. The molecule has 0 radical (unpaired) electrons. The predicted molar refractivity (Wildman–Crippen MR) is 68.6 cm³/mol. The van der Waals surface area contributed by atoms with Crippen LogP contribution in [-0.4, -0.2) is 39.9 Å². The van der Waals surface area contributed by atoms with Gasteiger partial charge in [0.15, 0.2) is 5.75 Å². The minimum atomic E-state index is -0.322. The summed E-state index contributed by atoms with van der Waals surface area (Å²) in [7, 11) is 1.84. The number of morpholine rings is 1. The number of hydrogen-bond donors (Lipinski definition) is 1. The first-order valence-electron chi connectivity index (χ1n) is 6.22. The van der Waals surface area contributed by atoms with Crippen LogP contribution < -0.4 is 5.43 Å². The van der Waals surface area contributed by atoms with Crippen molar-refractivity contribution in [3.8, 4) is 5.75 Å². The first kappa shape index (κ1) is 13.1. The molecular formula is C13H20N2O3. The minimum Gasteiger partial charge on any atom is -0.503 e. The Hall–Kier alpha value is -1.33. The first-order valence-corrected chi connectivity index (χ1v) is 6.22. The molecule has 0 spiro atoms. The van der Waals surface area contributed by atoms with Crippen molar-refractivity contribution in [2.45, 2.75) is 32.6 Å². The van der Waals surface area contributed by atoms with E-state index in [0.29, 0.717) is 6.54 Å². The van der Waals surface area contributed by atoms with Gasteiger partial charge < -0.3 is 14.4 Å². The fourth-order valence-electron chi connectivity index (χ4n) is 2.46. The summed E-state index contributed by atoms with van der Waals surface area (Å²) in [6.07, 6.45) is 1.89. The van der Waals surface area contributed by atoms with E-state index in [9.17, 15) is 9.90 Å². The molecule has 1 aliphatic heterocycles. The monoisotopic (exact) mass is 252 g/mol. The number of aromatic hydroxyl groups is 1. The summed E-state index contributed by atoms with van der Waals surface area (Å²) in [5.41, 5.74) is 0.580. The van der Waals surface area contributed by atoms with Gasteiger partial charge >= 0.3 is 0 Å². The Morgan fingerprint density at radius 1 is 1.39 bits per heavy atom. The maximum absolute atomic E-state index is 11.5. The molecule has 0 bridgehead atoms. The highest BCUT2D eigenvalue weighted by Crippen LogP contribution is 2.14. The Bertz CT molecular complexity index is 474. The predicted octanol–water partition coefficient (Wildman–Crippen LogP) is 0.700.